The van der Waals surface area contributed by atoms with E-state index in [1.54, 1.807) is 0 Å². The third-order valence-corrected chi connectivity index (χ3v) is 19.9. The Kier molecular flexibility index (Phi) is 46.1. The van der Waals surface area contributed by atoms with Crippen molar-refractivity contribution >= 4 is 0 Å². The van der Waals surface area contributed by atoms with Gasteiger partial charge in [0, 0.05) is 26.2 Å². The smallest absolute Gasteiger partial charge is 0.0205 e. The Morgan fingerprint density at radius 1 is 0.240 bits per heavy atom. The van der Waals surface area contributed by atoms with Gasteiger partial charge in [0.2, 0.25) is 0 Å². The van der Waals surface area contributed by atoms with Crippen molar-refractivity contribution in [3.05, 3.63) is 167 Å². The fourth-order valence-electron chi connectivity index (χ4n) is 12.9. The maximum atomic E-state index is 3.68. The fourth-order valence-corrected chi connectivity index (χ4v) is 12.9. The molecule has 0 bridgehead atoms. The van der Waals surface area contributed by atoms with Crippen LogP contribution in [0.5, 0.6) is 0 Å². The van der Waals surface area contributed by atoms with Gasteiger partial charge >= 0.3 is 0 Å². The number of hydrogen-bond acceptors (Lipinski definition) is 12. The molecule has 0 amide bonds. The molecule has 12 heteroatoms. The topological polar surface area (TPSA) is 144 Å². The van der Waals surface area contributed by atoms with E-state index in [0.29, 0.717) is 0 Å². The van der Waals surface area contributed by atoms with E-state index in [1.807, 2.05) is 0 Å². The molecule has 0 fully saturated rings. The van der Waals surface area contributed by atoms with Crippen molar-refractivity contribution in [3.8, 4) is 44.5 Å². The molecule has 0 spiro atoms. The molecule has 12 N–H and O–H groups in total. The van der Waals surface area contributed by atoms with E-state index >= 15 is 0 Å². The normalized spacial score (nSPS) is 12.0. The largest absolute Gasteiger partial charge is 0.317 e. The Balaban J connectivity index is 0.000000375. The molecular formula is C92H152N12. The molecule has 580 valence electrons. The van der Waals surface area contributed by atoms with Crippen LogP contribution in [0.3, 0.4) is 0 Å². The summed E-state index contributed by atoms with van der Waals surface area (Å²) in [7, 11) is 0. The Morgan fingerprint density at radius 3 is 0.663 bits per heavy atom. The van der Waals surface area contributed by atoms with Crippen molar-refractivity contribution in [1.82, 2.24) is 63.8 Å². The second-order valence-electron chi connectivity index (χ2n) is 32.4. The van der Waals surface area contributed by atoms with Crippen LogP contribution in [0.25, 0.3) is 44.5 Å². The second-order valence-corrected chi connectivity index (χ2v) is 32.4. The van der Waals surface area contributed by atoms with Crippen LogP contribution in [0.15, 0.2) is 133 Å². The van der Waals surface area contributed by atoms with Gasteiger partial charge in [0.1, 0.15) is 0 Å². The molecule has 6 rings (SSSR count). The van der Waals surface area contributed by atoms with Gasteiger partial charge in [-0.1, -0.05) is 220 Å². The molecule has 0 aromatic heterocycles. The zero-order valence-corrected chi connectivity index (χ0v) is 68.5. The van der Waals surface area contributed by atoms with Crippen LogP contribution in [-0.2, 0) is 37.0 Å². The third kappa shape index (κ3) is 39.1. The minimum atomic E-state index is 0.0541. The first kappa shape index (κ1) is 89.5. The molecule has 0 atom stereocenters. The highest BCUT2D eigenvalue weighted by Gasteiger charge is 2.19. The molecule has 6 aromatic carbocycles. The minimum Gasteiger partial charge on any atom is -0.317 e. The summed E-state index contributed by atoms with van der Waals surface area (Å²) in [6.07, 6.45) is 14.4. The molecule has 0 unspecified atom stereocenters. The van der Waals surface area contributed by atoms with Crippen LogP contribution < -0.4 is 63.8 Å². The van der Waals surface area contributed by atoms with Gasteiger partial charge in [0.25, 0.3) is 0 Å². The summed E-state index contributed by atoms with van der Waals surface area (Å²) in [6, 6.07) is 50.7. The molecule has 0 saturated carbocycles. The van der Waals surface area contributed by atoms with Crippen LogP contribution in [0.1, 0.15) is 207 Å². The Hall–Kier alpha value is -5.16. The SMILES string of the molecule is CC(C)CNCCCNCCCNCc1cccc(-c2cc(-c3cccc(CNCCCNCCCNCC(C)C)c3)cc(C(C)(C)C)c2)c1.CCC(CC)CNCCCNCCCNCc1cccc(-c2cc(-c3cccc(CNCCCNCCCNCC(CC)CC)c3)cc(C(C)(C)C)c2)c1. The second kappa shape index (κ2) is 53.6. The van der Waals surface area contributed by atoms with E-state index in [1.165, 1.54) is 129 Å². The summed E-state index contributed by atoms with van der Waals surface area (Å²) in [4.78, 5) is 0. The summed E-state index contributed by atoms with van der Waals surface area (Å²) in [5.41, 5.74) is 18.4. The summed E-state index contributed by atoms with van der Waals surface area (Å²) in [5.74, 6) is 3.08. The van der Waals surface area contributed by atoms with Crippen LogP contribution >= 0.6 is 0 Å². The van der Waals surface area contributed by atoms with Crippen molar-refractivity contribution in [2.45, 2.75) is 211 Å². The monoisotopic (exact) mass is 1430 g/mol. The van der Waals surface area contributed by atoms with Gasteiger partial charge in [-0.05, 0) is 331 Å². The van der Waals surface area contributed by atoms with Gasteiger partial charge in [-0.2, -0.15) is 0 Å². The molecule has 0 heterocycles. The Morgan fingerprint density at radius 2 is 0.452 bits per heavy atom. The number of rotatable bonds is 56. The van der Waals surface area contributed by atoms with Crippen molar-refractivity contribution in [2.24, 2.45) is 23.7 Å². The maximum absolute atomic E-state index is 3.68. The van der Waals surface area contributed by atoms with Gasteiger partial charge in [-0.3, -0.25) is 0 Å². The number of benzene rings is 6. The molecule has 12 nitrogen and oxygen atoms in total. The summed E-state index contributed by atoms with van der Waals surface area (Å²) in [6.45, 7) is 57.3. The predicted molar refractivity (Wildman–Crippen MR) is 457 cm³/mol. The van der Waals surface area contributed by atoms with Crippen molar-refractivity contribution in [1.29, 1.82) is 0 Å². The predicted octanol–water partition coefficient (Wildman–Crippen LogP) is 17.0. The van der Waals surface area contributed by atoms with E-state index in [4.69, 9.17) is 0 Å². The van der Waals surface area contributed by atoms with E-state index in [-0.39, 0.29) is 10.8 Å². The average molecular weight is 1430 g/mol. The Bertz CT molecular complexity index is 2950. The van der Waals surface area contributed by atoms with Crippen LogP contribution in [-0.4, -0.2) is 131 Å². The first-order valence-corrected chi connectivity index (χ1v) is 41.6. The van der Waals surface area contributed by atoms with Gasteiger partial charge in [0.05, 0.1) is 0 Å². The molecule has 0 aliphatic carbocycles. The molecular weight excluding hydrogens is 1270 g/mol. The van der Waals surface area contributed by atoms with Crippen LogP contribution in [0, 0.1) is 23.7 Å². The highest BCUT2D eigenvalue weighted by molar-refractivity contribution is 5.77. The van der Waals surface area contributed by atoms with E-state index in [2.05, 4.69) is 294 Å². The lowest BCUT2D eigenvalue weighted by atomic mass is 9.83. The zero-order chi connectivity index (χ0) is 74.9. The maximum Gasteiger partial charge on any atom is 0.0205 e. The lowest BCUT2D eigenvalue weighted by Gasteiger charge is -2.22. The molecule has 6 aromatic rings. The summed E-state index contributed by atoms with van der Waals surface area (Å²) in [5, 5.41) is 43.3. The van der Waals surface area contributed by atoms with Gasteiger partial charge in [0.15, 0.2) is 0 Å². The lowest BCUT2D eigenvalue weighted by molar-refractivity contribution is 0.445. The van der Waals surface area contributed by atoms with E-state index in [0.717, 1.165) is 206 Å². The quantitative estimate of drug-likeness (QED) is 0.0165. The van der Waals surface area contributed by atoms with Crippen molar-refractivity contribution < 1.29 is 0 Å². The Labute approximate surface area is 637 Å². The van der Waals surface area contributed by atoms with Gasteiger partial charge < -0.3 is 63.8 Å². The molecule has 104 heavy (non-hydrogen) atoms. The molecule has 0 radical (unpaired) electrons. The molecule has 0 saturated heterocycles. The van der Waals surface area contributed by atoms with Crippen molar-refractivity contribution in [3.63, 3.8) is 0 Å². The standard InChI is InChI=1S/C48H80N6.C44H72N6/c1-8-39(9-2)35-51-26-14-22-49-24-16-28-53-37-41-18-12-20-43(30-41)45-32-46(34-47(33-45)48(5,6)7)44-21-13-19-42(31-44)38-54-29-17-25-50-23-15-27-52-36-40(10-3)11-4;1-35(2)31-47-22-10-18-45-20-12-24-49-33-37-14-8-16-39(26-37)41-28-42(30-43(29-41)44(5,6)7)40-17-9-15-38(27-40)34-50-25-13-21-46-19-11-23-48-32-36(3)4/h12-13,18-21,30-34,39-40,49-54H,8-11,14-17,22-29,35-38H2,1-7H3;8-9,14-17,26-30,35-36,45-50H,10-13,18-25,31-34H2,1-7H3. The van der Waals surface area contributed by atoms with E-state index < -0.39 is 0 Å². The number of nitrogens with one attached hydrogen (secondary N) is 12. The lowest BCUT2D eigenvalue weighted by Crippen LogP contribution is -2.27. The molecule has 0 aliphatic heterocycles. The van der Waals surface area contributed by atoms with Crippen LogP contribution in [0.4, 0.5) is 0 Å². The average Bonchev–Trinajstić information content (AvgIpc) is 0.802. The van der Waals surface area contributed by atoms with Crippen molar-refractivity contribution in [2.75, 3.05) is 131 Å². The summed E-state index contributed by atoms with van der Waals surface area (Å²) < 4.78 is 0. The minimum absolute atomic E-state index is 0.0541. The zero-order valence-electron chi connectivity index (χ0n) is 68.5. The third-order valence-electron chi connectivity index (χ3n) is 19.9. The molecule has 0 aliphatic rings. The van der Waals surface area contributed by atoms with E-state index in [9.17, 15) is 0 Å². The first-order valence-electron chi connectivity index (χ1n) is 41.6. The fraction of sp³-hybridized carbons (Fsp3) is 0.609. The highest BCUT2D eigenvalue weighted by atomic mass is 14.9. The van der Waals surface area contributed by atoms with Gasteiger partial charge in [-0.15, -0.1) is 0 Å². The number of hydrogen-bond donors (Lipinski definition) is 12. The van der Waals surface area contributed by atoms with Gasteiger partial charge in [-0.25, -0.2) is 0 Å². The highest BCUT2D eigenvalue weighted by Crippen LogP contribution is 2.36. The van der Waals surface area contributed by atoms with Crippen LogP contribution in [0.2, 0.25) is 0 Å². The first-order chi connectivity index (χ1) is 50.4. The summed E-state index contributed by atoms with van der Waals surface area (Å²) >= 11 is 0.